The summed E-state index contributed by atoms with van der Waals surface area (Å²) in [6, 6.07) is 0. The summed E-state index contributed by atoms with van der Waals surface area (Å²) in [5.74, 6) is 0. The highest BCUT2D eigenvalue weighted by atomic mass is 24.3. The summed E-state index contributed by atoms with van der Waals surface area (Å²) in [5.41, 5.74) is 2.43. The first-order chi connectivity index (χ1) is 1.91. The Labute approximate surface area is 48.0 Å². The molecular weight excluding hydrogens is 78.3 g/mol. The van der Waals surface area contributed by atoms with Gasteiger partial charge >= 0.3 is 23.1 Å². The lowest BCUT2D eigenvalue weighted by Gasteiger charge is -1.80. The molecule has 0 aromatic heterocycles. The lowest BCUT2D eigenvalue weighted by atomic mass is 11.5. The highest BCUT2D eigenvalue weighted by molar-refractivity contribution is 5.75. The van der Waals surface area contributed by atoms with Gasteiger partial charge in [0.05, 0.1) is 7.11 Å². The minimum atomic E-state index is 0. The normalized spacial score (nSPS) is 6.00. The average molecular weight is 87.4 g/mol. The first kappa shape index (κ1) is 9.19. The van der Waals surface area contributed by atoms with E-state index in [2.05, 4.69) is 10.3 Å². The molecule has 0 atom stereocenters. The van der Waals surface area contributed by atoms with Gasteiger partial charge in [-0.2, -0.15) is 0 Å². The van der Waals surface area contributed by atoms with Gasteiger partial charge in [-0.25, -0.2) is 5.48 Å². The van der Waals surface area contributed by atoms with E-state index in [-0.39, 0.29) is 23.1 Å². The fraction of sp³-hybridized carbons (Fsp3) is 1.00. The van der Waals surface area contributed by atoms with Crippen molar-refractivity contribution >= 4 is 23.1 Å². The highest BCUT2D eigenvalue weighted by Gasteiger charge is 1.45. The maximum Gasteiger partial charge on any atom is 0.316 e. The van der Waals surface area contributed by atoms with Crippen molar-refractivity contribution in [1.29, 1.82) is 0 Å². The standard InChI is InChI=1S/C2H7NO.Mg.2H/c1-3-4-2;;;/h3H,1-2H3;;;. The van der Waals surface area contributed by atoms with Crippen LogP contribution in [0.25, 0.3) is 0 Å². The van der Waals surface area contributed by atoms with Crippen molar-refractivity contribution < 1.29 is 4.84 Å². The first-order valence-electron chi connectivity index (χ1n) is 1.11. The minimum Gasteiger partial charge on any atom is -0.305 e. The van der Waals surface area contributed by atoms with Gasteiger partial charge in [-0.05, 0) is 0 Å². The van der Waals surface area contributed by atoms with E-state index in [9.17, 15) is 0 Å². The molecule has 0 unspecified atom stereocenters. The fourth-order valence-corrected chi connectivity index (χ4v) is 0. The van der Waals surface area contributed by atoms with Gasteiger partial charge in [0.2, 0.25) is 0 Å². The molecule has 0 amide bonds. The number of nitrogens with one attached hydrogen (secondary N) is 1. The van der Waals surface area contributed by atoms with E-state index < -0.39 is 0 Å². The van der Waals surface area contributed by atoms with Crippen molar-refractivity contribution in [2.24, 2.45) is 0 Å². The molecule has 0 bridgehead atoms. The molecule has 0 saturated heterocycles. The smallest absolute Gasteiger partial charge is 0.305 e. The van der Waals surface area contributed by atoms with Gasteiger partial charge in [0.25, 0.3) is 0 Å². The van der Waals surface area contributed by atoms with Gasteiger partial charge in [0, 0.05) is 7.05 Å². The molecule has 3 heteroatoms. The van der Waals surface area contributed by atoms with Crippen LogP contribution >= 0.6 is 0 Å². The lowest BCUT2D eigenvalue weighted by molar-refractivity contribution is 0.112. The van der Waals surface area contributed by atoms with Crippen LogP contribution in [0.2, 0.25) is 0 Å². The van der Waals surface area contributed by atoms with Crippen molar-refractivity contribution in [3.8, 4) is 0 Å². The van der Waals surface area contributed by atoms with Crippen LogP contribution in [0.15, 0.2) is 0 Å². The largest absolute Gasteiger partial charge is 0.316 e. The number of hydrogen-bond donors (Lipinski definition) is 1. The van der Waals surface area contributed by atoms with Crippen molar-refractivity contribution in [2.75, 3.05) is 14.2 Å². The zero-order valence-corrected chi connectivity index (χ0v) is 2.91. The van der Waals surface area contributed by atoms with Gasteiger partial charge in [-0.15, -0.1) is 0 Å². The zero-order chi connectivity index (χ0) is 3.41. The predicted molar refractivity (Wildman–Crippen MR) is 24.6 cm³/mol. The Balaban J connectivity index is 0. The van der Waals surface area contributed by atoms with Crippen LogP contribution < -0.4 is 5.48 Å². The Morgan fingerprint density at radius 1 is 1.60 bits per heavy atom. The Kier molecular flexibility index (Phi) is 16.2. The van der Waals surface area contributed by atoms with E-state index in [0.29, 0.717) is 0 Å². The highest BCUT2D eigenvalue weighted by Crippen LogP contribution is 1.32. The second-order valence-electron chi connectivity index (χ2n) is 0.408. The SMILES string of the molecule is CNOC.[MgH2]. The van der Waals surface area contributed by atoms with Crippen LogP contribution in [0.4, 0.5) is 0 Å². The molecule has 0 radical (unpaired) electrons. The lowest BCUT2D eigenvalue weighted by Crippen LogP contribution is -2.00. The topological polar surface area (TPSA) is 21.3 Å². The molecule has 2 nitrogen and oxygen atoms in total. The maximum atomic E-state index is 4.29. The van der Waals surface area contributed by atoms with E-state index >= 15 is 0 Å². The van der Waals surface area contributed by atoms with Gasteiger partial charge in [0.1, 0.15) is 0 Å². The summed E-state index contributed by atoms with van der Waals surface area (Å²) in [4.78, 5) is 4.29. The molecule has 1 N–H and O–H groups in total. The van der Waals surface area contributed by atoms with Crippen LogP contribution in [0.5, 0.6) is 0 Å². The molecule has 0 heterocycles. The second kappa shape index (κ2) is 8.82. The van der Waals surface area contributed by atoms with Crippen molar-refractivity contribution in [3.63, 3.8) is 0 Å². The van der Waals surface area contributed by atoms with Crippen LogP contribution in [0.3, 0.4) is 0 Å². The van der Waals surface area contributed by atoms with Crippen molar-refractivity contribution in [3.05, 3.63) is 0 Å². The first-order valence-corrected chi connectivity index (χ1v) is 1.11. The summed E-state index contributed by atoms with van der Waals surface area (Å²) in [6.07, 6.45) is 0. The van der Waals surface area contributed by atoms with Crippen LogP contribution in [-0.4, -0.2) is 37.2 Å². The Morgan fingerprint density at radius 3 is 1.80 bits per heavy atom. The van der Waals surface area contributed by atoms with Crippen LogP contribution in [0, 0.1) is 0 Å². The maximum absolute atomic E-state index is 4.29. The number of hydroxylamine groups is 1. The number of hydrogen-bond acceptors (Lipinski definition) is 2. The second-order valence-corrected chi connectivity index (χ2v) is 0.408. The van der Waals surface area contributed by atoms with Crippen molar-refractivity contribution in [1.82, 2.24) is 5.48 Å². The van der Waals surface area contributed by atoms with Gasteiger partial charge in [-0.3, -0.25) is 0 Å². The molecular formula is C2H9MgNO. The Hall–Kier alpha value is 0.686. The third kappa shape index (κ3) is 11.9. The molecule has 0 aliphatic rings. The predicted octanol–water partition coefficient (Wildman–Crippen LogP) is -1.15. The molecule has 0 spiro atoms. The third-order valence-electron chi connectivity index (χ3n) is 0.204. The summed E-state index contributed by atoms with van der Waals surface area (Å²) >= 11 is 0. The summed E-state index contributed by atoms with van der Waals surface area (Å²) in [5, 5.41) is 0. The third-order valence-corrected chi connectivity index (χ3v) is 0.204. The van der Waals surface area contributed by atoms with Gasteiger partial charge in [-0.1, -0.05) is 0 Å². The van der Waals surface area contributed by atoms with Crippen LogP contribution in [0.1, 0.15) is 0 Å². The van der Waals surface area contributed by atoms with Gasteiger partial charge < -0.3 is 4.84 Å². The molecule has 5 heavy (non-hydrogen) atoms. The fourth-order valence-electron chi connectivity index (χ4n) is 0. The van der Waals surface area contributed by atoms with E-state index in [0.717, 1.165) is 0 Å². The van der Waals surface area contributed by atoms with E-state index in [1.807, 2.05) is 0 Å². The molecule has 30 valence electrons. The summed E-state index contributed by atoms with van der Waals surface area (Å²) < 4.78 is 0. The summed E-state index contributed by atoms with van der Waals surface area (Å²) in [6.45, 7) is 0. The molecule has 0 aromatic rings. The van der Waals surface area contributed by atoms with E-state index in [4.69, 9.17) is 0 Å². The zero-order valence-electron chi connectivity index (χ0n) is 2.91. The van der Waals surface area contributed by atoms with E-state index in [1.54, 1.807) is 14.2 Å². The Morgan fingerprint density at radius 2 is 1.80 bits per heavy atom. The van der Waals surface area contributed by atoms with E-state index in [1.165, 1.54) is 0 Å². The summed E-state index contributed by atoms with van der Waals surface area (Å²) in [7, 11) is 3.28. The monoisotopic (exact) mass is 87.1 g/mol. The van der Waals surface area contributed by atoms with Crippen LogP contribution in [-0.2, 0) is 4.84 Å². The number of rotatable bonds is 1. The molecule has 0 aromatic carbocycles. The molecule has 0 rings (SSSR count). The minimum absolute atomic E-state index is 0. The molecule has 0 aliphatic carbocycles. The average Bonchev–Trinajstić information content (AvgIpc) is 1.37. The quantitative estimate of drug-likeness (QED) is 0.322. The Bertz CT molecular complexity index is 11.6. The molecule has 0 fully saturated rings. The molecule has 0 saturated carbocycles. The van der Waals surface area contributed by atoms with Gasteiger partial charge in [0.15, 0.2) is 0 Å². The van der Waals surface area contributed by atoms with Crippen molar-refractivity contribution in [2.45, 2.75) is 0 Å². The molecule has 0 aliphatic heterocycles.